The number of H-pyrrole nitrogens is 1. The van der Waals surface area contributed by atoms with Crippen LogP contribution in [0.5, 0.6) is 11.6 Å². The van der Waals surface area contributed by atoms with E-state index in [4.69, 9.17) is 9.47 Å². The molecule has 0 saturated carbocycles. The summed E-state index contributed by atoms with van der Waals surface area (Å²) in [6.45, 7) is 0.463. The van der Waals surface area contributed by atoms with Crippen molar-refractivity contribution in [3.63, 3.8) is 0 Å². The van der Waals surface area contributed by atoms with Crippen molar-refractivity contribution in [1.82, 2.24) is 4.98 Å². The second kappa shape index (κ2) is 9.27. The molecule has 5 rings (SSSR count). The minimum atomic E-state index is -1.39. The third-order valence-corrected chi connectivity index (χ3v) is 5.83. The quantitative estimate of drug-likeness (QED) is 0.201. The van der Waals surface area contributed by atoms with Gasteiger partial charge in [-0.05, 0) is 42.0 Å². The molecule has 1 aromatic heterocycles. The van der Waals surface area contributed by atoms with Crippen LogP contribution in [0.1, 0.15) is 12.0 Å². The number of fused-ring (bicyclic) bond motifs is 2. The van der Waals surface area contributed by atoms with Crippen molar-refractivity contribution in [2.75, 3.05) is 6.61 Å². The Bertz CT molecular complexity index is 1470. The summed E-state index contributed by atoms with van der Waals surface area (Å²) in [7, 11) is 0. The zero-order chi connectivity index (χ0) is 23.5. The van der Waals surface area contributed by atoms with Crippen LogP contribution in [0.25, 0.3) is 32.8 Å². The van der Waals surface area contributed by atoms with Gasteiger partial charge in [0, 0.05) is 21.9 Å². The van der Waals surface area contributed by atoms with Gasteiger partial charge in [0.05, 0.1) is 12.1 Å². The van der Waals surface area contributed by atoms with E-state index >= 15 is 0 Å². The number of carboxylic acid groups (broad SMARTS) is 1. The van der Waals surface area contributed by atoms with Crippen molar-refractivity contribution < 1.29 is 23.8 Å². The molecular formula is C28H22FNO4. The highest BCUT2D eigenvalue weighted by Crippen LogP contribution is 2.36. The van der Waals surface area contributed by atoms with Crippen LogP contribution in [0.4, 0.5) is 9.18 Å². The Labute approximate surface area is 195 Å². The number of aryl methyl sites for hydroxylation is 1. The topological polar surface area (TPSA) is 71.5 Å². The van der Waals surface area contributed by atoms with Crippen LogP contribution in [0, 0.1) is 5.82 Å². The molecule has 2 N–H and O–H groups in total. The molecule has 5 aromatic rings. The first kappa shape index (κ1) is 21.5. The molecule has 0 radical (unpaired) electrons. The monoisotopic (exact) mass is 455 g/mol. The van der Waals surface area contributed by atoms with E-state index in [1.54, 1.807) is 12.1 Å². The molecular weight excluding hydrogens is 433 g/mol. The Morgan fingerprint density at radius 1 is 0.882 bits per heavy atom. The first-order valence-electron chi connectivity index (χ1n) is 11.0. The number of aromatic nitrogens is 1. The van der Waals surface area contributed by atoms with E-state index in [-0.39, 0.29) is 11.7 Å². The minimum Gasteiger partial charge on any atom is -0.493 e. The summed E-state index contributed by atoms with van der Waals surface area (Å²) >= 11 is 0. The number of halogens is 1. The lowest BCUT2D eigenvalue weighted by Gasteiger charge is -2.10. The third kappa shape index (κ3) is 4.30. The van der Waals surface area contributed by atoms with E-state index in [2.05, 4.69) is 4.98 Å². The zero-order valence-electron chi connectivity index (χ0n) is 18.3. The number of nitrogens with one attached hydrogen (secondary N) is 1. The zero-order valence-corrected chi connectivity index (χ0v) is 18.3. The van der Waals surface area contributed by atoms with E-state index in [9.17, 15) is 14.3 Å². The van der Waals surface area contributed by atoms with Crippen molar-refractivity contribution in [2.24, 2.45) is 0 Å². The van der Waals surface area contributed by atoms with Crippen LogP contribution in [-0.4, -0.2) is 22.9 Å². The third-order valence-electron chi connectivity index (χ3n) is 5.83. The molecule has 6 heteroatoms. The average molecular weight is 455 g/mol. The first-order valence-corrected chi connectivity index (χ1v) is 11.0. The second-order valence-electron chi connectivity index (χ2n) is 7.96. The molecule has 170 valence electrons. The average Bonchev–Trinajstić information content (AvgIpc) is 3.19. The fourth-order valence-electron chi connectivity index (χ4n) is 4.30. The standard InChI is InChI=1S/C28H22FNO4/c29-20-15-13-19(14-16-20)22-9-4-10-23-24(27(30-26(22)23)34-28(31)32)11-5-17-33-25-12-3-7-18-6-1-2-8-21(18)25/h1-4,6-10,12-16,30H,5,11,17H2,(H,31,32). The molecule has 5 nitrogen and oxygen atoms in total. The Kier molecular flexibility index (Phi) is 5.87. The number of para-hydroxylation sites is 1. The lowest BCUT2D eigenvalue weighted by molar-refractivity contribution is 0.142. The molecule has 0 atom stereocenters. The highest BCUT2D eigenvalue weighted by atomic mass is 19.1. The maximum atomic E-state index is 13.4. The Balaban J connectivity index is 1.41. The fourth-order valence-corrected chi connectivity index (χ4v) is 4.30. The van der Waals surface area contributed by atoms with E-state index in [0.717, 1.165) is 44.1 Å². The van der Waals surface area contributed by atoms with E-state index in [1.165, 1.54) is 12.1 Å². The van der Waals surface area contributed by atoms with Gasteiger partial charge in [-0.2, -0.15) is 0 Å². The molecule has 4 aromatic carbocycles. The maximum Gasteiger partial charge on any atom is 0.512 e. The lowest BCUT2D eigenvalue weighted by atomic mass is 10.0. The molecule has 0 fully saturated rings. The molecule has 0 aliphatic rings. The summed E-state index contributed by atoms with van der Waals surface area (Å²) in [5.41, 5.74) is 3.17. The number of hydrogen-bond donors (Lipinski definition) is 2. The maximum absolute atomic E-state index is 13.4. The van der Waals surface area contributed by atoms with E-state index < -0.39 is 6.16 Å². The Morgan fingerprint density at radius 2 is 1.62 bits per heavy atom. The Hall–Kier alpha value is -4.32. The number of hydrogen-bond acceptors (Lipinski definition) is 3. The highest BCUT2D eigenvalue weighted by molar-refractivity contribution is 5.98. The van der Waals surface area contributed by atoms with E-state index in [1.807, 2.05) is 60.7 Å². The fraction of sp³-hybridized carbons (Fsp3) is 0.107. The molecule has 0 unspecified atom stereocenters. The Morgan fingerprint density at radius 3 is 2.44 bits per heavy atom. The van der Waals surface area contributed by atoms with Crippen molar-refractivity contribution in [3.8, 4) is 22.8 Å². The number of benzene rings is 4. The van der Waals surface area contributed by atoms with Crippen LogP contribution in [-0.2, 0) is 6.42 Å². The van der Waals surface area contributed by atoms with Gasteiger partial charge in [0.2, 0.25) is 5.88 Å². The van der Waals surface area contributed by atoms with Crippen LogP contribution in [0.15, 0.2) is 84.9 Å². The SMILES string of the molecule is O=C(O)Oc1[nH]c2c(-c3ccc(F)cc3)cccc2c1CCCOc1cccc2ccccc12. The van der Waals surface area contributed by atoms with Gasteiger partial charge in [0.15, 0.2) is 0 Å². The van der Waals surface area contributed by atoms with Gasteiger partial charge in [0.1, 0.15) is 11.6 Å². The summed E-state index contributed by atoms with van der Waals surface area (Å²) in [5, 5.41) is 12.3. The highest BCUT2D eigenvalue weighted by Gasteiger charge is 2.18. The van der Waals surface area contributed by atoms with Crippen molar-refractivity contribution in [3.05, 3.63) is 96.3 Å². The van der Waals surface area contributed by atoms with Gasteiger partial charge in [-0.1, -0.05) is 66.7 Å². The molecule has 0 aliphatic carbocycles. The summed E-state index contributed by atoms with van der Waals surface area (Å²) in [6.07, 6.45) is -0.171. The summed E-state index contributed by atoms with van der Waals surface area (Å²) in [4.78, 5) is 14.4. The molecule has 1 heterocycles. The van der Waals surface area contributed by atoms with Crippen LogP contribution >= 0.6 is 0 Å². The molecule has 0 bridgehead atoms. The number of carbonyl (C=O) groups is 1. The number of ether oxygens (including phenoxy) is 2. The smallest absolute Gasteiger partial charge is 0.493 e. The van der Waals surface area contributed by atoms with Crippen LogP contribution < -0.4 is 9.47 Å². The summed E-state index contributed by atoms with van der Waals surface area (Å²) in [6, 6.07) is 25.9. The number of aromatic amines is 1. The van der Waals surface area contributed by atoms with Crippen LogP contribution in [0.2, 0.25) is 0 Å². The van der Waals surface area contributed by atoms with Crippen molar-refractivity contribution >= 4 is 27.8 Å². The molecule has 0 amide bonds. The predicted octanol–water partition coefficient (Wildman–Crippen LogP) is 7.20. The first-order chi connectivity index (χ1) is 16.6. The van der Waals surface area contributed by atoms with Crippen molar-refractivity contribution in [1.29, 1.82) is 0 Å². The van der Waals surface area contributed by atoms with Crippen molar-refractivity contribution in [2.45, 2.75) is 12.8 Å². The van der Waals surface area contributed by atoms with Gasteiger partial charge in [-0.3, -0.25) is 0 Å². The lowest BCUT2D eigenvalue weighted by Crippen LogP contribution is -2.06. The van der Waals surface area contributed by atoms with Gasteiger partial charge in [-0.25, -0.2) is 9.18 Å². The van der Waals surface area contributed by atoms with Gasteiger partial charge in [-0.15, -0.1) is 0 Å². The minimum absolute atomic E-state index is 0.197. The van der Waals surface area contributed by atoms with E-state index in [0.29, 0.717) is 19.4 Å². The summed E-state index contributed by atoms with van der Waals surface area (Å²) in [5.74, 6) is 0.698. The number of rotatable bonds is 7. The van der Waals surface area contributed by atoms with Crippen LogP contribution in [0.3, 0.4) is 0 Å². The van der Waals surface area contributed by atoms with Gasteiger partial charge >= 0.3 is 6.16 Å². The predicted molar refractivity (Wildman–Crippen MR) is 130 cm³/mol. The molecule has 0 spiro atoms. The normalized spacial score (nSPS) is 11.1. The van der Waals surface area contributed by atoms with Gasteiger partial charge < -0.3 is 19.6 Å². The van der Waals surface area contributed by atoms with Gasteiger partial charge in [0.25, 0.3) is 0 Å². The largest absolute Gasteiger partial charge is 0.512 e. The second-order valence-corrected chi connectivity index (χ2v) is 7.96. The molecule has 0 saturated heterocycles. The molecule has 34 heavy (non-hydrogen) atoms. The molecule has 0 aliphatic heterocycles. The summed E-state index contributed by atoms with van der Waals surface area (Å²) < 4.78 is 24.5.